The maximum atomic E-state index is 11.8. The molecule has 0 aliphatic carbocycles. The van der Waals surface area contributed by atoms with E-state index in [0.717, 1.165) is 5.56 Å². The third-order valence-electron chi connectivity index (χ3n) is 3.46. The van der Waals surface area contributed by atoms with Crippen molar-refractivity contribution in [3.8, 4) is 0 Å². The summed E-state index contributed by atoms with van der Waals surface area (Å²) in [5.41, 5.74) is 0.774. The summed E-state index contributed by atoms with van der Waals surface area (Å²) >= 11 is 0. The number of carbonyl (C=O) groups is 4. The van der Waals surface area contributed by atoms with Gasteiger partial charge in [0.25, 0.3) is 11.8 Å². The molecule has 1 aliphatic rings. The van der Waals surface area contributed by atoms with Crippen LogP contribution in [0.2, 0.25) is 0 Å². The number of aliphatic hydroxyl groups excluding tert-OH is 1. The molecule has 1 aromatic carbocycles. The lowest BCUT2D eigenvalue weighted by molar-refractivity contribution is -0.204. The van der Waals surface area contributed by atoms with Crippen molar-refractivity contribution in [1.82, 2.24) is 10.4 Å². The minimum Gasteiger partial charge on any atom is -0.445 e. The van der Waals surface area contributed by atoms with Crippen molar-refractivity contribution in [1.29, 1.82) is 0 Å². The van der Waals surface area contributed by atoms with Crippen LogP contribution in [-0.2, 0) is 30.6 Å². The zero-order valence-corrected chi connectivity index (χ0v) is 13.5. The number of nitrogens with zero attached hydrogens (tertiary/aromatic N) is 1. The number of benzene rings is 1. The molecule has 2 N–H and O–H groups in total. The fourth-order valence-electron chi connectivity index (χ4n) is 2.04. The lowest BCUT2D eigenvalue weighted by Gasteiger charge is -2.20. The molecule has 1 fully saturated rings. The van der Waals surface area contributed by atoms with E-state index in [1.807, 2.05) is 6.07 Å². The van der Waals surface area contributed by atoms with Crippen LogP contribution in [0.4, 0.5) is 4.79 Å². The summed E-state index contributed by atoms with van der Waals surface area (Å²) in [7, 11) is 0. The van der Waals surface area contributed by atoms with E-state index < -0.39 is 36.0 Å². The number of hydroxylamine groups is 2. The van der Waals surface area contributed by atoms with Gasteiger partial charge in [-0.15, -0.1) is 5.06 Å². The molecule has 9 heteroatoms. The predicted molar refractivity (Wildman–Crippen MR) is 82.4 cm³/mol. The Kier molecular flexibility index (Phi) is 6.07. The fraction of sp³-hybridized carbons (Fsp3) is 0.375. The number of imide groups is 1. The monoisotopic (exact) mass is 350 g/mol. The number of amides is 3. The largest absolute Gasteiger partial charge is 0.445 e. The molecular formula is C16H18N2O7. The Morgan fingerprint density at radius 1 is 1.20 bits per heavy atom. The molecule has 2 atom stereocenters. The maximum Gasteiger partial charge on any atom is 0.407 e. The van der Waals surface area contributed by atoms with Gasteiger partial charge in [0, 0.05) is 12.8 Å². The third kappa shape index (κ3) is 5.01. The second-order valence-electron chi connectivity index (χ2n) is 5.43. The highest BCUT2D eigenvalue weighted by molar-refractivity contribution is 6.01. The van der Waals surface area contributed by atoms with E-state index in [0.29, 0.717) is 5.06 Å². The first-order chi connectivity index (χ1) is 11.9. The van der Waals surface area contributed by atoms with Crippen LogP contribution in [0.15, 0.2) is 30.3 Å². The predicted octanol–water partition coefficient (Wildman–Crippen LogP) is 0.269. The molecule has 1 aromatic rings. The molecule has 25 heavy (non-hydrogen) atoms. The Labute approximate surface area is 143 Å². The average molecular weight is 350 g/mol. The van der Waals surface area contributed by atoms with Crippen LogP contribution in [0, 0.1) is 0 Å². The van der Waals surface area contributed by atoms with Gasteiger partial charge in [-0.05, 0) is 12.5 Å². The molecule has 2 unspecified atom stereocenters. The zero-order valence-electron chi connectivity index (χ0n) is 13.5. The fourth-order valence-corrected chi connectivity index (χ4v) is 2.04. The number of ether oxygens (including phenoxy) is 1. The van der Waals surface area contributed by atoms with Crippen molar-refractivity contribution >= 4 is 23.9 Å². The standard InChI is InChI=1S/C16H18N2O7/c1-10(17-16(23)24-9-11-5-3-2-4-6-11)14(21)15(22)25-18-12(19)7-8-13(18)20/h2-6,10,14,21H,7-9H2,1H3,(H,17,23). The number of alkyl carbamates (subject to hydrolysis) is 1. The Bertz CT molecular complexity index is 646. The van der Waals surface area contributed by atoms with Crippen LogP contribution in [0.25, 0.3) is 0 Å². The van der Waals surface area contributed by atoms with E-state index in [-0.39, 0.29) is 19.4 Å². The van der Waals surface area contributed by atoms with Crippen LogP contribution in [-0.4, -0.2) is 46.2 Å². The molecule has 0 radical (unpaired) electrons. The van der Waals surface area contributed by atoms with E-state index in [2.05, 4.69) is 10.2 Å². The van der Waals surface area contributed by atoms with Crippen molar-refractivity contribution in [3.63, 3.8) is 0 Å². The van der Waals surface area contributed by atoms with Gasteiger partial charge >= 0.3 is 12.1 Å². The van der Waals surface area contributed by atoms with Crippen molar-refractivity contribution < 1.29 is 33.9 Å². The second kappa shape index (κ2) is 8.25. The van der Waals surface area contributed by atoms with Crippen LogP contribution < -0.4 is 5.32 Å². The van der Waals surface area contributed by atoms with Gasteiger partial charge in [-0.2, -0.15) is 0 Å². The maximum absolute atomic E-state index is 11.8. The third-order valence-corrected chi connectivity index (χ3v) is 3.46. The van der Waals surface area contributed by atoms with Crippen molar-refractivity contribution in [2.45, 2.75) is 38.5 Å². The summed E-state index contributed by atoms with van der Waals surface area (Å²) in [6.45, 7) is 1.38. The number of hydrogen-bond donors (Lipinski definition) is 2. The molecule has 1 heterocycles. The number of nitrogens with one attached hydrogen (secondary N) is 1. The number of carbonyl (C=O) groups excluding carboxylic acids is 4. The zero-order chi connectivity index (χ0) is 18.4. The molecule has 0 aromatic heterocycles. The first kappa shape index (κ1) is 18.4. The highest BCUT2D eigenvalue weighted by Crippen LogP contribution is 2.13. The topological polar surface area (TPSA) is 122 Å². The average Bonchev–Trinajstić information content (AvgIpc) is 2.92. The summed E-state index contributed by atoms with van der Waals surface area (Å²) in [6, 6.07) is 7.90. The summed E-state index contributed by atoms with van der Waals surface area (Å²) in [5.74, 6) is -2.54. The number of aliphatic hydroxyl groups is 1. The van der Waals surface area contributed by atoms with Gasteiger partial charge in [-0.3, -0.25) is 9.59 Å². The van der Waals surface area contributed by atoms with E-state index in [1.54, 1.807) is 24.3 Å². The first-order valence-electron chi connectivity index (χ1n) is 7.61. The highest BCUT2D eigenvalue weighted by atomic mass is 16.7. The Hall–Kier alpha value is -2.94. The minimum atomic E-state index is -1.77. The van der Waals surface area contributed by atoms with Gasteiger partial charge in [0.2, 0.25) is 0 Å². The van der Waals surface area contributed by atoms with Gasteiger partial charge in [0.1, 0.15) is 6.61 Å². The number of hydrogen-bond acceptors (Lipinski definition) is 7. The van der Waals surface area contributed by atoms with Crippen LogP contribution in [0.3, 0.4) is 0 Å². The Balaban J connectivity index is 1.79. The Morgan fingerprint density at radius 3 is 2.40 bits per heavy atom. The van der Waals surface area contributed by atoms with Crippen molar-refractivity contribution in [3.05, 3.63) is 35.9 Å². The van der Waals surface area contributed by atoms with Gasteiger partial charge in [-0.1, -0.05) is 30.3 Å². The summed E-state index contributed by atoms with van der Waals surface area (Å²) < 4.78 is 4.96. The van der Waals surface area contributed by atoms with Gasteiger partial charge in [-0.25, -0.2) is 9.59 Å². The molecule has 0 saturated carbocycles. The molecular weight excluding hydrogens is 332 g/mol. The lowest BCUT2D eigenvalue weighted by atomic mass is 10.2. The quantitative estimate of drug-likeness (QED) is 0.706. The van der Waals surface area contributed by atoms with E-state index in [9.17, 15) is 24.3 Å². The summed E-state index contributed by atoms with van der Waals surface area (Å²) in [4.78, 5) is 50.8. The Morgan fingerprint density at radius 2 is 1.80 bits per heavy atom. The molecule has 3 amide bonds. The molecule has 1 saturated heterocycles. The molecule has 134 valence electrons. The molecule has 0 spiro atoms. The lowest BCUT2D eigenvalue weighted by Crippen LogP contribution is -2.47. The van der Waals surface area contributed by atoms with Crippen LogP contribution in [0.1, 0.15) is 25.3 Å². The first-order valence-corrected chi connectivity index (χ1v) is 7.61. The highest BCUT2D eigenvalue weighted by Gasteiger charge is 2.36. The van der Waals surface area contributed by atoms with Gasteiger partial charge in [0.15, 0.2) is 6.10 Å². The smallest absolute Gasteiger partial charge is 0.407 e. The van der Waals surface area contributed by atoms with Gasteiger partial charge < -0.3 is 20.0 Å². The number of rotatable bonds is 6. The van der Waals surface area contributed by atoms with E-state index >= 15 is 0 Å². The minimum absolute atomic E-state index is 0.0245. The van der Waals surface area contributed by atoms with Crippen LogP contribution >= 0.6 is 0 Å². The summed E-state index contributed by atoms with van der Waals surface area (Å²) in [5, 5.41) is 12.5. The molecule has 1 aliphatic heterocycles. The van der Waals surface area contributed by atoms with Crippen LogP contribution in [0.5, 0.6) is 0 Å². The van der Waals surface area contributed by atoms with Crippen molar-refractivity contribution in [2.75, 3.05) is 0 Å². The molecule has 9 nitrogen and oxygen atoms in total. The van der Waals surface area contributed by atoms with E-state index in [4.69, 9.17) is 4.74 Å². The molecule has 2 rings (SSSR count). The van der Waals surface area contributed by atoms with E-state index in [1.165, 1.54) is 6.92 Å². The van der Waals surface area contributed by atoms with Crippen molar-refractivity contribution in [2.24, 2.45) is 0 Å². The van der Waals surface area contributed by atoms with Gasteiger partial charge in [0.05, 0.1) is 6.04 Å². The molecule has 0 bridgehead atoms. The normalized spacial score (nSPS) is 16.3. The summed E-state index contributed by atoms with van der Waals surface area (Å²) in [6.07, 6.45) is -2.72. The second-order valence-corrected chi connectivity index (χ2v) is 5.43. The SMILES string of the molecule is CC(NC(=O)OCc1ccccc1)C(O)C(=O)ON1C(=O)CCC1=O.